The SMILES string of the molecule is CC(C)(C)CC(CNC(=O)N1CC(=O)NC(=O)C1)C(=O)O. The van der Waals surface area contributed by atoms with Crippen LogP contribution in [0.25, 0.3) is 0 Å². The number of imide groups is 1. The number of carboxylic acids is 1. The molecular formula is C13H21N3O5. The molecule has 1 atom stereocenters. The monoisotopic (exact) mass is 299 g/mol. The van der Waals surface area contributed by atoms with Crippen LogP contribution in [0.5, 0.6) is 0 Å². The standard InChI is InChI=1S/C13H21N3O5/c1-13(2,3)4-8(11(19)20)5-14-12(21)16-6-9(17)15-10(18)7-16/h8H,4-7H2,1-3H3,(H,14,21)(H,19,20)(H,15,17,18). The van der Waals surface area contributed by atoms with Gasteiger partial charge in [0.25, 0.3) is 0 Å². The van der Waals surface area contributed by atoms with Gasteiger partial charge < -0.3 is 15.3 Å². The molecule has 0 aromatic carbocycles. The molecule has 0 bridgehead atoms. The Kier molecular flexibility index (Phi) is 5.28. The Morgan fingerprint density at radius 2 is 1.81 bits per heavy atom. The number of aliphatic carboxylic acids is 1. The number of hydrogen-bond acceptors (Lipinski definition) is 4. The van der Waals surface area contributed by atoms with Crippen LogP contribution >= 0.6 is 0 Å². The number of hydrogen-bond donors (Lipinski definition) is 3. The summed E-state index contributed by atoms with van der Waals surface area (Å²) in [4.78, 5) is 46.5. The first-order valence-corrected chi connectivity index (χ1v) is 6.67. The third kappa shape index (κ3) is 5.80. The Balaban J connectivity index is 2.55. The summed E-state index contributed by atoms with van der Waals surface area (Å²) >= 11 is 0. The lowest BCUT2D eigenvalue weighted by Gasteiger charge is -2.27. The van der Waals surface area contributed by atoms with Gasteiger partial charge in [-0.25, -0.2) is 4.79 Å². The molecule has 21 heavy (non-hydrogen) atoms. The summed E-state index contributed by atoms with van der Waals surface area (Å²) in [6.07, 6.45) is 0.405. The Hall–Kier alpha value is -2.12. The molecule has 1 rings (SSSR count). The van der Waals surface area contributed by atoms with E-state index in [2.05, 4.69) is 10.6 Å². The molecule has 1 saturated heterocycles. The lowest BCUT2D eigenvalue weighted by Crippen LogP contribution is -2.56. The van der Waals surface area contributed by atoms with Crippen molar-refractivity contribution in [1.29, 1.82) is 0 Å². The van der Waals surface area contributed by atoms with E-state index in [4.69, 9.17) is 5.11 Å². The Morgan fingerprint density at radius 3 is 2.24 bits per heavy atom. The molecule has 0 aliphatic carbocycles. The van der Waals surface area contributed by atoms with Gasteiger partial charge in [-0.05, 0) is 11.8 Å². The predicted octanol–water partition coefficient (Wildman–Crippen LogP) is -0.209. The van der Waals surface area contributed by atoms with Gasteiger partial charge in [0.2, 0.25) is 11.8 Å². The summed E-state index contributed by atoms with van der Waals surface area (Å²) in [5, 5.41) is 13.7. The number of urea groups is 1. The van der Waals surface area contributed by atoms with Crippen LogP contribution in [0.1, 0.15) is 27.2 Å². The summed E-state index contributed by atoms with van der Waals surface area (Å²) in [5.41, 5.74) is -0.186. The van der Waals surface area contributed by atoms with Crippen LogP contribution in [0.2, 0.25) is 0 Å². The number of carbonyl (C=O) groups is 4. The average molecular weight is 299 g/mol. The van der Waals surface area contributed by atoms with E-state index in [-0.39, 0.29) is 25.0 Å². The lowest BCUT2D eigenvalue weighted by atomic mass is 9.84. The van der Waals surface area contributed by atoms with E-state index in [1.165, 1.54) is 0 Å². The molecule has 1 fully saturated rings. The fourth-order valence-corrected chi connectivity index (χ4v) is 2.09. The van der Waals surface area contributed by atoms with Crippen molar-refractivity contribution in [3.8, 4) is 0 Å². The lowest BCUT2D eigenvalue weighted by molar-refractivity contribution is -0.142. The third-order valence-corrected chi connectivity index (χ3v) is 2.94. The van der Waals surface area contributed by atoms with Crippen molar-refractivity contribution in [2.24, 2.45) is 11.3 Å². The van der Waals surface area contributed by atoms with Gasteiger partial charge in [-0.1, -0.05) is 20.8 Å². The number of piperazine rings is 1. The van der Waals surface area contributed by atoms with Gasteiger partial charge in [-0.2, -0.15) is 0 Å². The molecule has 0 spiro atoms. The van der Waals surface area contributed by atoms with E-state index in [0.717, 1.165) is 4.90 Å². The van der Waals surface area contributed by atoms with Crippen molar-refractivity contribution in [3.05, 3.63) is 0 Å². The highest BCUT2D eigenvalue weighted by Crippen LogP contribution is 2.24. The molecule has 0 radical (unpaired) electrons. The fourth-order valence-electron chi connectivity index (χ4n) is 2.09. The molecule has 1 unspecified atom stereocenters. The predicted molar refractivity (Wildman–Crippen MR) is 73.3 cm³/mol. The van der Waals surface area contributed by atoms with Crippen LogP contribution in [0, 0.1) is 11.3 Å². The van der Waals surface area contributed by atoms with Gasteiger partial charge in [-0.3, -0.25) is 19.7 Å². The smallest absolute Gasteiger partial charge is 0.318 e. The van der Waals surface area contributed by atoms with Crippen LogP contribution in [-0.2, 0) is 14.4 Å². The number of rotatable bonds is 4. The van der Waals surface area contributed by atoms with Crippen molar-refractivity contribution in [2.75, 3.05) is 19.6 Å². The first kappa shape index (κ1) is 16.9. The molecule has 1 aliphatic rings. The van der Waals surface area contributed by atoms with E-state index in [0.29, 0.717) is 6.42 Å². The second-order valence-electron chi connectivity index (χ2n) is 6.31. The second-order valence-corrected chi connectivity index (χ2v) is 6.31. The Labute approximate surface area is 122 Å². The van der Waals surface area contributed by atoms with E-state index >= 15 is 0 Å². The molecular weight excluding hydrogens is 278 g/mol. The van der Waals surface area contributed by atoms with Gasteiger partial charge >= 0.3 is 12.0 Å². The molecule has 118 valence electrons. The summed E-state index contributed by atoms with van der Waals surface area (Å²) in [7, 11) is 0. The summed E-state index contributed by atoms with van der Waals surface area (Å²) in [6.45, 7) is 5.27. The fraction of sp³-hybridized carbons (Fsp3) is 0.692. The van der Waals surface area contributed by atoms with Crippen molar-refractivity contribution in [3.63, 3.8) is 0 Å². The van der Waals surface area contributed by atoms with Gasteiger partial charge in [0.05, 0.1) is 5.92 Å². The molecule has 1 aliphatic heterocycles. The first-order chi connectivity index (χ1) is 9.58. The van der Waals surface area contributed by atoms with Gasteiger partial charge in [-0.15, -0.1) is 0 Å². The van der Waals surface area contributed by atoms with E-state index in [9.17, 15) is 19.2 Å². The quantitative estimate of drug-likeness (QED) is 0.621. The largest absolute Gasteiger partial charge is 0.481 e. The number of carbonyl (C=O) groups excluding carboxylic acids is 3. The molecule has 1 heterocycles. The van der Waals surface area contributed by atoms with Crippen LogP contribution in [0.4, 0.5) is 4.79 Å². The highest BCUT2D eigenvalue weighted by atomic mass is 16.4. The topological polar surface area (TPSA) is 116 Å². The van der Waals surface area contributed by atoms with E-state index in [1.54, 1.807) is 0 Å². The van der Waals surface area contributed by atoms with E-state index < -0.39 is 29.7 Å². The summed E-state index contributed by atoms with van der Waals surface area (Å²) in [6, 6.07) is -0.613. The zero-order chi connectivity index (χ0) is 16.2. The Morgan fingerprint density at radius 1 is 1.29 bits per heavy atom. The molecule has 0 saturated carbocycles. The van der Waals surface area contributed by atoms with Gasteiger partial charge in [0.15, 0.2) is 0 Å². The zero-order valence-corrected chi connectivity index (χ0v) is 12.4. The number of amides is 4. The minimum Gasteiger partial charge on any atom is -0.481 e. The number of nitrogens with one attached hydrogen (secondary N) is 2. The maximum atomic E-state index is 11.9. The highest BCUT2D eigenvalue weighted by molar-refractivity contribution is 6.02. The third-order valence-electron chi connectivity index (χ3n) is 2.94. The van der Waals surface area contributed by atoms with Crippen LogP contribution < -0.4 is 10.6 Å². The summed E-state index contributed by atoms with van der Waals surface area (Å²) < 4.78 is 0. The van der Waals surface area contributed by atoms with Crippen LogP contribution in [0.15, 0.2) is 0 Å². The van der Waals surface area contributed by atoms with Crippen LogP contribution in [0.3, 0.4) is 0 Å². The molecule has 3 N–H and O–H groups in total. The first-order valence-electron chi connectivity index (χ1n) is 6.67. The highest BCUT2D eigenvalue weighted by Gasteiger charge is 2.29. The molecule has 4 amide bonds. The molecule has 8 heteroatoms. The maximum absolute atomic E-state index is 11.9. The Bertz CT molecular complexity index is 439. The van der Waals surface area contributed by atoms with Crippen molar-refractivity contribution in [1.82, 2.24) is 15.5 Å². The average Bonchev–Trinajstić information content (AvgIpc) is 2.31. The molecule has 8 nitrogen and oxygen atoms in total. The number of nitrogens with zero attached hydrogens (tertiary/aromatic N) is 1. The maximum Gasteiger partial charge on any atom is 0.318 e. The zero-order valence-electron chi connectivity index (χ0n) is 12.4. The molecule has 0 aromatic rings. The van der Waals surface area contributed by atoms with Gasteiger partial charge in [0, 0.05) is 6.54 Å². The number of carboxylic acid groups (broad SMARTS) is 1. The van der Waals surface area contributed by atoms with Crippen molar-refractivity contribution >= 4 is 23.8 Å². The van der Waals surface area contributed by atoms with Gasteiger partial charge in [0.1, 0.15) is 13.1 Å². The van der Waals surface area contributed by atoms with Crippen molar-refractivity contribution < 1.29 is 24.3 Å². The second kappa shape index (κ2) is 6.55. The van der Waals surface area contributed by atoms with Crippen LogP contribution in [-0.4, -0.2) is 53.5 Å². The summed E-state index contributed by atoms with van der Waals surface area (Å²) in [5.74, 6) is -2.81. The molecule has 0 aromatic heterocycles. The minimum atomic E-state index is -0.988. The van der Waals surface area contributed by atoms with Crippen molar-refractivity contribution in [2.45, 2.75) is 27.2 Å². The van der Waals surface area contributed by atoms with E-state index in [1.807, 2.05) is 20.8 Å². The minimum absolute atomic E-state index is 0.0439. The normalized spacial score (nSPS) is 17.2.